The minimum Gasteiger partial charge on any atom is -0.497 e. The third kappa shape index (κ3) is 4.38. The van der Waals surface area contributed by atoms with Gasteiger partial charge in [0.05, 0.1) is 29.0 Å². The minimum atomic E-state index is -0.452. The Morgan fingerprint density at radius 3 is 2.54 bits per heavy atom. The molecular weight excluding hydrogens is 423 g/mol. The molecule has 0 bridgehead atoms. The van der Waals surface area contributed by atoms with Gasteiger partial charge in [-0.15, -0.1) is 0 Å². The normalized spacial score (nSPS) is 11.6. The molecule has 6 nitrogen and oxygen atoms in total. The van der Waals surface area contributed by atoms with E-state index in [2.05, 4.69) is 4.99 Å². The number of rotatable bonds is 5. The molecule has 0 aliphatic rings. The van der Waals surface area contributed by atoms with E-state index in [9.17, 15) is 9.59 Å². The molecule has 1 amide bonds. The summed E-state index contributed by atoms with van der Waals surface area (Å²) in [5, 5.41) is 0.816. The van der Waals surface area contributed by atoms with E-state index in [1.165, 1.54) is 11.3 Å². The topological polar surface area (TPSA) is 69.9 Å². The van der Waals surface area contributed by atoms with Crippen molar-refractivity contribution in [3.63, 3.8) is 0 Å². The Labute approximate surface area is 174 Å². The van der Waals surface area contributed by atoms with Crippen LogP contribution in [-0.4, -0.2) is 30.2 Å². The SMILES string of the molecule is CCOC(=O)Cn1c(=NC(=O)c2ccc(OC)cc2)sc2cc(Cl)cc(Cl)c21. The maximum atomic E-state index is 12.6. The number of carbonyl (C=O) groups excluding carboxylic acids is 2. The molecule has 3 aromatic rings. The second kappa shape index (κ2) is 8.77. The van der Waals surface area contributed by atoms with E-state index in [4.69, 9.17) is 32.7 Å². The zero-order chi connectivity index (χ0) is 20.3. The number of benzene rings is 2. The summed E-state index contributed by atoms with van der Waals surface area (Å²) < 4.78 is 12.4. The molecular formula is C19H16Cl2N2O4S. The first kappa shape index (κ1) is 20.4. The number of hydrogen-bond donors (Lipinski definition) is 0. The van der Waals surface area contributed by atoms with E-state index in [0.29, 0.717) is 36.4 Å². The van der Waals surface area contributed by atoms with Crippen molar-refractivity contribution in [2.45, 2.75) is 13.5 Å². The minimum absolute atomic E-state index is 0.121. The smallest absolute Gasteiger partial charge is 0.326 e. The summed E-state index contributed by atoms with van der Waals surface area (Å²) in [6, 6.07) is 9.89. The van der Waals surface area contributed by atoms with Gasteiger partial charge in [0.25, 0.3) is 5.91 Å². The van der Waals surface area contributed by atoms with Crippen LogP contribution in [0.15, 0.2) is 41.4 Å². The molecule has 0 atom stereocenters. The molecule has 0 radical (unpaired) electrons. The van der Waals surface area contributed by atoms with Crippen molar-refractivity contribution in [2.75, 3.05) is 13.7 Å². The Morgan fingerprint density at radius 2 is 1.89 bits per heavy atom. The number of aromatic nitrogens is 1. The second-order valence-corrected chi connectivity index (χ2v) is 7.51. The Hall–Kier alpha value is -2.35. The lowest BCUT2D eigenvalue weighted by Gasteiger charge is -2.06. The number of carbonyl (C=O) groups is 2. The lowest BCUT2D eigenvalue weighted by molar-refractivity contribution is -0.143. The fourth-order valence-electron chi connectivity index (χ4n) is 2.58. The fourth-order valence-corrected chi connectivity index (χ4v) is 4.39. The van der Waals surface area contributed by atoms with Gasteiger partial charge in [-0.25, -0.2) is 0 Å². The number of thiazole rings is 1. The molecule has 28 heavy (non-hydrogen) atoms. The number of ether oxygens (including phenoxy) is 2. The maximum Gasteiger partial charge on any atom is 0.326 e. The Bertz CT molecular complexity index is 1100. The van der Waals surface area contributed by atoms with Crippen molar-refractivity contribution in [1.82, 2.24) is 4.57 Å². The third-order valence-corrected chi connectivity index (χ3v) is 5.35. The van der Waals surface area contributed by atoms with E-state index in [0.717, 1.165) is 0 Å². The molecule has 9 heteroatoms. The highest BCUT2D eigenvalue weighted by molar-refractivity contribution is 7.16. The molecule has 0 fully saturated rings. The summed E-state index contributed by atoms with van der Waals surface area (Å²) in [7, 11) is 1.55. The Balaban J connectivity index is 2.12. The summed E-state index contributed by atoms with van der Waals surface area (Å²) >= 11 is 13.6. The molecule has 0 unspecified atom stereocenters. The van der Waals surface area contributed by atoms with Crippen molar-refractivity contribution in [2.24, 2.45) is 4.99 Å². The molecule has 1 heterocycles. The van der Waals surface area contributed by atoms with E-state index in [1.54, 1.807) is 55.0 Å². The number of methoxy groups -OCH3 is 1. The molecule has 0 saturated carbocycles. The number of fused-ring (bicyclic) bond motifs is 1. The monoisotopic (exact) mass is 438 g/mol. The van der Waals surface area contributed by atoms with Gasteiger partial charge in [0, 0.05) is 10.6 Å². The van der Waals surface area contributed by atoms with E-state index in [1.807, 2.05) is 0 Å². The number of hydrogen-bond acceptors (Lipinski definition) is 5. The fraction of sp³-hybridized carbons (Fsp3) is 0.211. The van der Waals surface area contributed by atoms with E-state index >= 15 is 0 Å². The summed E-state index contributed by atoms with van der Waals surface area (Å²) in [6.45, 7) is 1.85. The first-order chi connectivity index (χ1) is 13.4. The molecule has 0 aliphatic carbocycles. The third-order valence-electron chi connectivity index (χ3n) is 3.82. The zero-order valence-corrected chi connectivity index (χ0v) is 17.4. The average molecular weight is 439 g/mol. The summed E-state index contributed by atoms with van der Waals surface area (Å²) in [6.07, 6.45) is 0. The first-order valence-corrected chi connectivity index (χ1v) is 9.87. The summed E-state index contributed by atoms with van der Waals surface area (Å²) in [4.78, 5) is 29.2. The quantitative estimate of drug-likeness (QED) is 0.556. The predicted octanol–water partition coefficient (Wildman–Crippen LogP) is 4.32. The Morgan fingerprint density at radius 1 is 1.18 bits per heavy atom. The molecule has 0 aliphatic heterocycles. The highest BCUT2D eigenvalue weighted by atomic mass is 35.5. The van der Waals surface area contributed by atoms with Gasteiger partial charge >= 0.3 is 5.97 Å². The van der Waals surface area contributed by atoms with Crippen LogP contribution in [0.5, 0.6) is 5.75 Å². The first-order valence-electron chi connectivity index (χ1n) is 8.30. The Kier molecular flexibility index (Phi) is 6.39. The van der Waals surface area contributed by atoms with E-state index < -0.39 is 11.9 Å². The van der Waals surface area contributed by atoms with Crippen molar-refractivity contribution in [3.8, 4) is 5.75 Å². The number of nitrogens with zero attached hydrogens (tertiary/aromatic N) is 2. The van der Waals surface area contributed by atoms with Crippen LogP contribution in [-0.2, 0) is 16.1 Å². The summed E-state index contributed by atoms with van der Waals surface area (Å²) in [5.41, 5.74) is 0.968. The van der Waals surface area contributed by atoms with Crippen LogP contribution in [0.3, 0.4) is 0 Å². The number of esters is 1. The van der Waals surface area contributed by atoms with Crippen LogP contribution < -0.4 is 9.54 Å². The highest BCUT2D eigenvalue weighted by Gasteiger charge is 2.16. The van der Waals surface area contributed by atoms with Gasteiger partial charge in [-0.2, -0.15) is 4.99 Å². The predicted molar refractivity (Wildman–Crippen MR) is 109 cm³/mol. The van der Waals surface area contributed by atoms with Crippen molar-refractivity contribution in [1.29, 1.82) is 0 Å². The van der Waals surface area contributed by atoms with Crippen LogP contribution in [0.2, 0.25) is 10.0 Å². The van der Waals surface area contributed by atoms with Crippen LogP contribution in [0.1, 0.15) is 17.3 Å². The molecule has 0 saturated heterocycles. The van der Waals surface area contributed by atoms with Gasteiger partial charge in [-0.3, -0.25) is 9.59 Å². The van der Waals surface area contributed by atoms with Gasteiger partial charge in [0.1, 0.15) is 12.3 Å². The van der Waals surface area contributed by atoms with E-state index in [-0.39, 0.29) is 13.2 Å². The molecule has 1 aromatic heterocycles. The molecule has 3 rings (SSSR count). The second-order valence-electron chi connectivity index (χ2n) is 5.66. The molecule has 2 aromatic carbocycles. The van der Waals surface area contributed by atoms with Gasteiger partial charge in [-0.1, -0.05) is 34.5 Å². The zero-order valence-electron chi connectivity index (χ0n) is 15.1. The molecule has 0 N–H and O–H groups in total. The molecule has 0 spiro atoms. The summed E-state index contributed by atoms with van der Waals surface area (Å²) in [5.74, 6) is -0.266. The highest BCUT2D eigenvalue weighted by Crippen LogP contribution is 2.29. The lowest BCUT2D eigenvalue weighted by atomic mass is 10.2. The molecule has 146 valence electrons. The van der Waals surface area contributed by atoms with Crippen molar-refractivity contribution in [3.05, 3.63) is 56.8 Å². The van der Waals surface area contributed by atoms with Crippen LogP contribution in [0.25, 0.3) is 10.2 Å². The van der Waals surface area contributed by atoms with Crippen LogP contribution in [0.4, 0.5) is 0 Å². The van der Waals surface area contributed by atoms with Crippen molar-refractivity contribution < 1.29 is 19.1 Å². The largest absolute Gasteiger partial charge is 0.497 e. The number of halogens is 2. The van der Waals surface area contributed by atoms with Gasteiger partial charge in [-0.05, 0) is 43.3 Å². The van der Waals surface area contributed by atoms with Crippen LogP contribution >= 0.6 is 34.5 Å². The number of amides is 1. The lowest BCUT2D eigenvalue weighted by Crippen LogP contribution is -2.23. The van der Waals surface area contributed by atoms with Gasteiger partial charge in [0.15, 0.2) is 4.80 Å². The van der Waals surface area contributed by atoms with Crippen LogP contribution in [0, 0.1) is 0 Å². The van der Waals surface area contributed by atoms with Gasteiger partial charge in [0.2, 0.25) is 0 Å². The maximum absolute atomic E-state index is 12.6. The standard InChI is InChI=1S/C19H16Cl2N2O4S/c1-3-27-16(24)10-23-17-14(21)8-12(20)9-15(17)28-19(23)22-18(25)11-4-6-13(26-2)7-5-11/h4-9H,3,10H2,1-2H3. The average Bonchev–Trinajstić information content (AvgIpc) is 2.98. The van der Waals surface area contributed by atoms with Crippen molar-refractivity contribution >= 4 is 56.6 Å². The van der Waals surface area contributed by atoms with Gasteiger partial charge < -0.3 is 14.0 Å².